The molecule has 0 aliphatic carbocycles. The van der Waals surface area contributed by atoms with Crippen LogP contribution in [-0.4, -0.2) is 134 Å². The van der Waals surface area contributed by atoms with Gasteiger partial charge < -0.3 is 56.0 Å². The van der Waals surface area contributed by atoms with Crippen molar-refractivity contribution in [2.24, 2.45) is 5.41 Å². The van der Waals surface area contributed by atoms with Crippen LogP contribution in [0.3, 0.4) is 0 Å². The third-order valence-electron chi connectivity index (χ3n) is 10.7. The molecule has 11 N–H and O–H groups in total. The summed E-state index contributed by atoms with van der Waals surface area (Å²) in [5, 5.41) is 36.6. The highest BCUT2D eigenvalue weighted by Gasteiger charge is 2.50. The first-order valence-corrected chi connectivity index (χ1v) is 28.5. The summed E-state index contributed by atoms with van der Waals surface area (Å²) in [6.45, 7) is 2.60. The number of hydrogen-bond acceptors (Lipinski definition) is 19. The van der Waals surface area contributed by atoms with E-state index in [0.717, 1.165) is 61.1 Å². The van der Waals surface area contributed by atoms with Crippen LogP contribution in [0.5, 0.6) is 0 Å². The van der Waals surface area contributed by atoms with Gasteiger partial charge >= 0.3 is 23.5 Å². The Morgan fingerprint density at radius 2 is 1.57 bits per heavy atom. The monoisotopic (exact) mass is 1070 g/mol. The lowest BCUT2D eigenvalue weighted by molar-refractivity contribution is -0.137. The molecule has 2 aromatic heterocycles. The molecule has 3 rings (SSSR count). The number of phosphoric acid groups is 3. The normalized spacial score (nSPS) is 20.4. The highest BCUT2D eigenvalue weighted by atomic mass is 32.2. The molecule has 8 unspecified atom stereocenters. The second-order valence-electron chi connectivity index (χ2n) is 17.2. The van der Waals surface area contributed by atoms with Crippen molar-refractivity contribution in [2.75, 3.05) is 37.8 Å². The maximum atomic E-state index is 12.7. The fourth-order valence-electron chi connectivity index (χ4n) is 6.84. The molecule has 1 fully saturated rings. The number of nitrogens with two attached hydrogens (primary N) is 1. The lowest BCUT2D eigenvalue weighted by Gasteiger charge is -2.30. The summed E-state index contributed by atoms with van der Waals surface area (Å²) in [7, 11) is -16.4. The minimum absolute atomic E-state index is 0.000263. The van der Waals surface area contributed by atoms with Crippen LogP contribution in [0.1, 0.15) is 117 Å². The van der Waals surface area contributed by atoms with E-state index in [-0.39, 0.29) is 53.8 Å². The van der Waals surface area contributed by atoms with Gasteiger partial charge in [0.05, 0.1) is 25.6 Å². The van der Waals surface area contributed by atoms with E-state index in [9.17, 15) is 63.0 Å². The summed E-state index contributed by atoms with van der Waals surface area (Å²) in [5.74, 6) is -1.24. The van der Waals surface area contributed by atoms with Gasteiger partial charge in [0.2, 0.25) is 11.8 Å². The summed E-state index contributed by atoms with van der Waals surface area (Å²) in [6, 6.07) is 0. The van der Waals surface area contributed by atoms with Gasteiger partial charge in [0, 0.05) is 37.1 Å². The van der Waals surface area contributed by atoms with Crippen molar-refractivity contribution < 1.29 is 85.6 Å². The third kappa shape index (κ3) is 22.8. The molecule has 1 aliphatic rings. The molecule has 1 saturated heterocycles. The molecule has 0 spiro atoms. The zero-order valence-electron chi connectivity index (χ0n) is 39.6. The number of aromatic nitrogens is 4. The van der Waals surface area contributed by atoms with E-state index in [1.165, 1.54) is 52.4 Å². The first-order chi connectivity index (χ1) is 32.9. The van der Waals surface area contributed by atoms with E-state index < -0.39 is 90.7 Å². The molecule has 70 heavy (non-hydrogen) atoms. The van der Waals surface area contributed by atoms with Crippen LogP contribution in [0.2, 0.25) is 0 Å². The van der Waals surface area contributed by atoms with Crippen molar-refractivity contribution in [3.63, 3.8) is 0 Å². The number of fused-ring (bicyclic) bond motifs is 1. The fourth-order valence-corrected chi connectivity index (χ4v) is 10.4. The van der Waals surface area contributed by atoms with Gasteiger partial charge in [-0.3, -0.25) is 32.5 Å². The van der Waals surface area contributed by atoms with Crippen LogP contribution in [0.15, 0.2) is 37.0 Å². The van der Waals surface area contributed by atoms with Crippen molar-refractivity contribution in [3.05, 3.63) is 37.0 Å². The number of rotatable bonds is 35. The second kappa shape index (κ2) is 30.3. The highest BCUT2D eigenvalue weighted by molar-refractivity contribution is 8.13. The van der Waals surface area contributed by atoms with E-state index in [1.54, 1.807) is 0 Å². The molecule has 8 atom stereocenters. The number of anilines is 1. The van der Waals surface area contributed by atoms with Gasteiger partial charge in [0.25, 0.3) is 0 Å². The average Bonchev–Trinajstić information content (AvgIpc) is 3.84. The van der Waals surface area contributed by atoms with Crippen LogP contribution >= 0.6 is 35.2 Å². The molecule has 0 aromatic carbocycles. The van der Waals surface area contributed by atoms with Crippen molar-refractivity contribution in [3.8, 4) is 0 Å². The summed E-state index contributed by atoms with van der Waals surface area (Å²) in [5.41, 5.74) is 4.25. The number of carbonyl (C=O) groups is 3. The van der Waals surface area contributed by atoms with Gasteiger partial charge in [-0.25, -0.2) is 28.6 Å². The van der Waals surface area contributed by atoms with E-state index in [2.05, 4.69) is 65.6 Å². The molecule has 3 heterocycles. The molecule has 0 bridgehead atoms. The third-order valence-corrected chi connectivity index (χ3v) is 14.7. The summed E-state index contributed by atoms with van der Waals surface area (Å²) in [6.07, 6.45) is 13.9. The minimum atomic E-state index is -5.59. The van der Waals surface area contributed by atoms with E-state index in [0.29, 0.717) is 6.42 Å². The molecule has 2 aromatic rings. The Balaban J connectivity index is 1.30. The van der Waals surface area contributed by atoms with Gasteiger partial charge in [0.15, 0.2) is 22.8 Å². The van der Waals surface area contributed by atoms with Gasteiger partial charge in [-0.15, -0.1) is 0 Å². The predicted molar refractivity (Wildman–Crippen MR) is 257 cm³/mol. The highest BCUT2D eigenvalue weighted by Crippen LogP contribution is 2.61. The fraction of sp³-hybridized carbons (Fsp3) is 0.707. The zero-order chi connectivity index (χ0) is 52.0. The topological polar surface area (TPSA) is 384 Å². The molecule has 0 saturated carbocycles. The summed E-state index contributed by atoms with van der Waals surface area (Å²) in [4.78, 5) is 88.5. The van der Waals surface area contributed by atoms with Crippen molar-refractivity contribution in [2.45, 2.75) is 147 Å². The number of aliphatic hydroxyl groups excluding tert-OH is 3. The van der Waals surface area contributed by atoms with Gasteiger partial charge in [-0.2, -0.15) is 4.31 Å². The van der Waals surface area contributed by atoms with Crippen LogP contribution in [0, 0.1) is 5.41 Å². The average molecular weight is 1070 g/mol. The van der Waals surface area contributed by atoms with Crippen LogP contribution < -0.4 is 16.4 Å². The lowest BCUT2D eigenvalue weighted by atomic mass is 9.87. The predicted octanol–water partition coefficient (Wildman–Crippen LogP) is 4.23. The maximum absolute atomic E-state index is 12.7. The van der Waals surface area contributed by atoms with Crippen molar-refractivity contribution in [1.29, 1.82) is 0 Å². The number of amides is 2. The van der Waals surface area contributed by atoms with Gasteiger partial charge in [-0.1, -0.05) is 95.4 Å². The largest absolute Gasteiger partial charge is 0.481 e. The minimum Gasteiger partial charge on any atom is -0.393 e. The number of unbranched alkanes of at least 4 members (excludes halogenated alkanes) is 8. The SMILES string of the molecule is CCCCCCCC/C=C/C/C=C/CCCCC(O)CC(=O)SCCNC(=O)CCNC(=O)C(O)C(C)(C)COP(=O)(O)OP(=O)(O)OCC1OC(n2cnc3c(N)ncnc32)C(O)C1OP(=O)(O)O. The van der Waals surface area contributed by atoms with Gasteiger partial charge in [0.1, 0.15) is 36.3 Å². The molecule has 0 radical (unpaired) electrons. The summed E-state index contributed by atoms with van der Waals surface area (Å²) >= 11 is 0.985. The molecule has 25 nitrogen and oxygen atoms in total. The van der Waals surface area contributed by atoms with Crippen molar-refractivity contribution in [1.82, 2.24) is 30.2 Å². The van der Waals surface area contributed by atoms with Crippen LogP contribution in [0.25, 0.3) is 11.2 Å². The smallest absolute Gasteiger partial charge is 0.393 e. The number of imidazole rings is 1. The van der Waals surface area contributed by atoms with E-state index >= 15 is 0 Å². The Bertz CT molecular complexity index is 2160. The number of allylic oxidation sites excluding steroid dienone is 4. The number of phosphoric ester groups is 3. The number of carbonyl (C=O) groups excluding carboxylic acids is 3. The quantitative estimate of drug-likeness (QED) is 0.0262. The number of aliphatic hydroxyl groups is 3. The zero-order valence-corrected chi connectivity index (χ0v) is 43.1. The number of thioether (sulfide) groups is 1. The standard InChI is InChI=1S/C41H70N7O18P3S/c1-4-5-6-7-8-9-10-11-12-13-14-15-16-17-18-19-29(49)24-32(51)70-23-22-43-31(50)20-21-44-39(54)36(53)41(2,3)26-63-69(60,61)66-68(58,59)62-25-30-35(65-67(55,56)57)34(52)40(64-30)48-28-47-33-37(42)45-27-46-38(33)48/h11-12,14-15,27-30,34-36,40,49,52-53H,4-10,13,16-26H2,1-3H3,(H,43,50)(H,44,54)(H,58,59)(H,60,61)(H2,42,45,46)(H2,55,56,57)/b12-11+,15-14+. The Morgan fingerprint density at radius 3 is 2.26 bits per heavy atom. The maximum Gasteiger partial charge on any atom is 0.481 e. The van der Waals surface area contributed by atoms with Gasteiger partial charge in [-0.05, 0) is 38.5 Å². The van der Waals surface area contributed by atoms with Crippen LogP contribution in [0.4, 0.5) is 5.82 Å². The molecule has 2 amide bonds. The van der Waals surface area contributed by atoms with E-state index in [1.807, 2.05) is 0 Å². The Labute approximate surface area is 411 Å². The first-order valence-electron chi connectivity index (χ1n) is 23.0. The number of ether oxygens (including phenoxy) is 1. The number of hydrogen-bond donors (Lipinski definition) is 10. The first kappa shape index (κ1) is 61.3. The second-order valence-corrected chi connectivity index (χ2v) is 22.6. The molecular weight excluding hydrogens is 1000 g/mol. The number of nitrogens with zero attached hydrogens (tertiary/aromatic N) is 4. The summed E-state index contributed by atoms with van der Waals surface area (Å²) < 4.78 is 62.4. The molecule has 29 heteroatoms. The van der Waals surface area contributed by atoms with E-state index in [4.69, 9.17) is 19.5 Å². The Hall–Kier alpha value is -3.00. The Kier molecular flexibility index (Phi) is 26.5. The number of nitrogen functional groups attached to an aromatic ring is 1. The molecular formula is C41H70N7O18P3S. The van der Waals surface area contributed by atoms with Crippen LogP contribution in [-0.2, 0) is 50.7 Å². The molecule has 1 aliphatic heterocycles. The molecule has 398 valence electrons. The van der Waals surface area contributed by atoms with Crippen molar-refractivity contribution >= 4 is 69.1 Å². The number of nitrogens with one attached hydrogen (secondary N) is 2. The lowest BCUT2D eigenvalue weighted by Crippen LogP contribution is -2.46. The Morgan fingerprint density at radius 1 is 0.914 bits per heavy atom.